The van der Waals surface area contributed by atoms with Gasteiger partial charge in [0.15, 0.2) is 5.82 Å². The van der Waals surface area contributed by atoms with E-state index in [0.29, 0.717) is 5.92 Å². The molecule has 1 aromatic rings. The number of hydrogen-bond acceptors (Lipinski definition) is 4. The Hall–Kier alpha value is -0.900. The fourth-order valence-corrected chi connectivity index (χ4v) is 1.94. The molecular weight excluding hydrogens is 178 g/mol. The number of aromatic nitrogens is 2. The molecule has 1 aliphatic heterocycles. The minimum Gasteiger partial charge on any atom is -0.339 e. The summed E-state index contributed by atoms with van der Waals surface area (Å²) in [5.41, 5.74) is 0. The number of likely N-dealkylation sites (tertiary alicyclic amines) is 1. The summed E-state index contributed by atoms with van der Waals surface area (Å²) >= 11 is 0. The van der Waals surface area contributed by atoms with Crippen LogP contribution in [0.25, 0.3) is 0 Å². The second kappa shape index (κ2) is 4.09. The summed E-state index contributed by atoms with van der Waals surface area (Å²) in [7, 11) is 2.14. The first-order valence-corrected chi connectivity index (χ1v) is 5.30. The van der Waals surface area contributed by atoms with E-state index < -0.39 is 0 Å². The van der Waals surface area contributed by atoms with Crippen molar-refractivity contribution in [3.63, 3.8) is 0 Å². The van der Waals surface area contributed by atoms with E-state index in [1.54, 1.807) is 0 Å². The van der Waals surface area contributed by atoms with Crippen LogP contribution < -0.4 is 0 Å². The molecule has 0 radical (unpaired) electrons. The third-order valence-electron chi connectivity index (χ3n) is 2.77. The molecule has 4 heteroatoms. The number of likely N-dealkylation sites (N-methyl/N-ethyl adjacent to an activating group) is 1. The molecular formula is C10H17N3O. The first kappa shape index (κ1) is 9.65. The van der Waals surface area contributed by atoms with E-state index in [9.17, 15) is 0 Å². The zero-order valence-electron chi connectivity index (χ0n) is 8.86. The topological polar surface area (TPSA) is 42.2 Å². The van der Waals surface area contributed by atoms with Crippen LogP contribution in [0.5, 0.6) is 0 Å². The summed E-state index contributed by atoms with van der Waals surface area (Å²) in [5, 5.41) is 3.93. The summed E-state index contributed by atoms with van der Waals surface area (Å²) in [4.78, 5) is 6.71. The molecule has 14 heavy (non-hydrogen) atoms. The molecule has 1 aromatic heterocycles. The number of rotatable bonds is 2. The molecule has 1 fully saturated rings. The van der Waals surface area contributed by atoms with Crippen molar-refractivity contribution in [2.75, 3.05) is 20.1 Å². The summed E-state index contributed by atoms with van der Waals surface area (Å²) < 4.78 is 5.26. The molecule has 2 rings (SSSR count). The van der Waals surface area contributed by atoms with Crippen LogP contribution in [0.4, 0.5) is 0 Å². The summed E-state index contributed by atoms with van der Waals surface area (Å²) in [6, 6.07) is 0. The van der Waals surface area contributed by atoms with Crippen LogP contribution in [0.3, 0.4) is 0 Å². The van der Waals surface area contributed by atoms with Gasteiger partial charge in [0, 0.05) is 13.0 Å². The first-order chi connectivity index (χ1) is 6.79. The van der Waals surface area contributed by atoms with Crippen LogP contribution in [0.2, 0.25) is 0 Å². The van der Waals surface area contributed by atoms with Gasteiger partial charge in [0.1, 0.15) is 0 Å². The predicted octanol–water partition coefficient (Wildman–Crippen LogP) is 1.44. The minimum atomic E-state index is 0.446. The van der Waals surface area contributed by atoms with E-state index in [1.165, 1.54) is 19.4 Å². The van der Waals surface area contributed by atoms with Crippen molar-refractivity contribution >= 4 is 0 Å². The average Bonchev–Trinajstić information content (AvgIpc) is 2.66. The van der Waals surface area contributed by atoms with Gasteiger partial charge in [-0.05, 0) is 26.4 Å². The van der Waals surface area contributed by atoms with Crippen LogP contribution in [0.15, 0.2) is 4.52 Å². The number of nitrogens with zero attached hydrogens (tertiary/aromatic N) is 3. The van der Waals surface area contributed by atoms with Crippen LogP contribution in [0.1, 0.15) is 37.4 Å². The third-order valence-corrected chi connectivity index (χ3v) is 2.77. The summed E-state index contributed by atoms with van der Waals surface area (Å²) in [6.45, 7) is 4.28. The van der Waals surface area contributed by atoms with Crippen LogP contribution in [-0.4, -0.2) is 35.2 Å². The van der Waals surface area contributed by atoms with E-state index in [1.807, 2.05) is 6.92 Å². The quantitative estimate of drug-likeness (QED) is 0.716. The Kier molecular flexibility index (Phi) is 2.82. The Morgan fingerprint density at radius 2 is 2.43 bits per heavy atom. The lowest BCUT2D eigenvalue weighted by Crippen LogP contribution is -2.30. The molecule has 1 atom stereocenters. The van der Waals surface area contributed by atoms with Crippen LogP contribution in [-0.2, 0) is 6.42 Å². The first-order valence-electron chi connectivity index (χ1n) is 5.30. The van der Waals surface area contributed by atoms with E-state index >= 15 is 0 Å². The second-order valence-corrected chi connectivity index (χ2v) is 4.00. The Labute approximate surface area is 84.3 Å². The Balaban J connectivity index is 2.06. The Bertz CT molecular complexity index is 297. The van der Waals surface area contributed by atoms with Crippen molar-refractivity contribution in [2.24, 2.45) is 0 Å². The van der Waals surface area contributed by atoms with E-state index in [4.69, 9.17) is 4.52 Å². The molecule has 78 valence electrons. The van der Waals surface area contributed by atoms with Gasteiger partial charge >= 0.3 is 0 Å². The standard InChI is InChI=1S/C10H17N3O/c1-3-9-11-10(14-12-9)8-5-4-6-13(2)7-8/h8H,3-7H2,1-2H3. The number of aryl methyl sites for hydroxylation is 1. The molecule has 0 N–H and O–H groups in total. The number of piperidine rings is 1. The molecule has 1 saturated heterocycles. The average molecular weight is 195 g/mol. The van der Waals surface area contributed by atoms with E-state index in [0.717, 1.165) is 24.7 Å². The van der Waals surface area contributed by atoms with Gasteiger partial charge in [0.25, 0.3) is 0 Å². The van der Waals surface area contributed by atoms with Crippen molar-refractivity contribution in [3.05, 3.63) is 11.7 Å². The maximum atomic E-state index is 5.26. The van der Waals surface area contributed by atoms with Gasteiger partial charge in [-0.15, -0.1) is 0 Å². The van der Waals surface area contributed by atoms with Crippen LogP contribution >= 0.6 is 0 Å². The second-order valence-electron chi connectivity index (χ2n) is 4.00. The third kappa shape index (κ3) is 1.95. The lowest BCUT2D eigenvalue weighted by Gasteiger charge is -2.27. The molecule has 0 amide bonds. The zero-order chi connectivity index (χ0) is 9.97. The fraction of sp³-hybridized carbons (Fsp3) is 0.800. The summed E-state index contributed by atoms with van der Waals surface area (Å²) in [6.07, 6.45) is 3.26. The van der Waals surface area contributed by atoms with Gasteiger partial charge in [-0.2, -0.15) is 4.98 Å². The van der Waals surface area contributed by atoms with Gasteiger partial charge in [0.2, 0.25) is 5.89 Å². The lowest BCUT2D eigenvalue weighted by molar-refractivity contribution is 0.220. The van der Waals surface area contributed by atoms with Gasteiger partial charge in [-0.25, -0.2) is 0 Å². The molecule has 4 nitrogen and oxygen atoms in total. The van der Waals surface area contributed by atoms with Gasteiger partial charge in [0.05, 0.1) is 5.92 Å². The molecule has 0 saturated carbocycles. The monoisotopic (exact) mass is 195 g/mol. The molecule has 1 aliphatic rings. The van der Waals surface area contributed by atoms with Crippen LogP contribution in [0, 0.1) is 0 Å². The molecule has 1 unspecified atom stereocenters. The maximum absolute atomic E-state index is 5.26. The van der Waals surface area contributed by atoms with E-state index in [-0.39, 0.29) is 0 Å². The molecule has 0 aliphatic carbocycles. The predicted molar refractivity (Wildman–Crippen MR) is 53.1 cm³/mol. The number of hydrogen-bond donors (Lipinski definition) is 0. The molecule has 0 aromatic carbocycles. The van der Waals surface area contributed by atoms with Crippen molar-refractivity contribution in [1.29, 1.82) is 0 Å². The van der Waals surface area contributed by atoms with Crippen molar-refractivity contribution in [2.45, 2.75) is 32.1 Å². The molecule has 0 bridgehead atoms. The van der Waals surface area contributed by atoms with E-state index in [2.05, 4.69) is 22.1 Å². The highest BCUT2D eigenvalue weighted by Gasteiger charge is 2.23. The van der Waals surface area contributed by atoms with Crippen molar-refractivity contribution in [1.82, 2.24) is 15.0 Å². The maximum Gasteiger partial charge on any atom is 0.231 e. The zero-order valence-corrected chi connectivity index (χ0v) is 8.86. The van der Waals surface area contributed by atoms with Crippen molar-refractivity contribution < 1.29 is 4.52 Å². The smallest absolute Gasteiger partial charge is 0.231 e. The highest BCUT2D eigenvalue weighted by Crippen LogP contribution is 2.24. The molecule has 0 spiro atoms. The highest BCUT2D eigenvalue weighted by atomic mass is 16.5. The SMILES string of the molecule is CCc1noc(C2CCCN(C)C2)n1. The van der Waals surface area contributed by atoms with Crippen molar-refractivity contribution in [3.8, 4) is 0 Å². The molecule has 2 heterocycles. The minimum absolute atomic E-state index is 0.446. The highest BCUT2D eigenvalue weighted by molar-refractivity contribution is 4.96. The fourth-order valence-electron chi connectivity index (χ4n) is 1.94. The van der Waals surface area contributed by atoms with Gasteiger partial charge in [-0.1, -0.05) is 12.1 Å². The Morgan fingerprint density at radius 1 is 1.57 bits per heavy atom. The Morgan fingerprint density at radius 3 is 3.07 bits per heavy atom. The lowest BCUT2D eigenvalue weighted by atomic mass is 9.98. The van der Waals surface area contributed by atoms with Gasteiger partial charge < -0.3 is 9.42 Å². The largest absolute Gasteiger partial charge is 0.339 e. The normalized spacial score (nSPS) is 24.0. The summed E-state index contributed by atoms with van der Waals surface area (Å²) in [5.74, 6) is 2.10. The van der Waals surface area contributed by atoms with Gasteiger partial charge in [-0.3, -0.25) is 0 Å².